The molecule has 0 radical (unpaired) electrons. The van der Waals surface area contributed by atoms with Gasteiger partial charge < -0.3 is 18.5 Å². The largest absolute Gasteiger partial charge is 0.462 e. The predicted molar refractivity (Wildman–Crippen MR) is 208 cm³/mol. The molecule has 0 unspecified atom stereocenters. The highest BCUT2D eigenvalue weighted by Gasteiger charge is 2.53. The third kappa shape index (κ3) is 10.0. The fourth-order valence-electron chi connectivity index (χ4n) is 7.34. The number of hydrogen-bond donors (Lipinski definition) is 0. The molecule has 4 aromatic rings. The minimum atomic E-state index is -3.16. The van der Waals surface area contributed by atoms with Crippen LogP contribution >= 0.6 is 7.60 Å². The van der Waals surface area contributed by atoms with E-state index < -0.39 is 7.60 Å². The molecule has 55 heavy (non-hydrogen) atoms. The Balaban J connectivity index is 0.000000223. The highest BCUT2D eigenvalue weighted by molar-refractivity contribution is 7.53. The summed E-state index contributed by atoms with van der Waals surface area (Å²) in [5.74, 6) is -0.697. The Hall–Kier alpha value is -5.45. The van der Waals surface area contributed by atoms with Gasteiger partial charge >= 0.3 is 19.5 Å². The molecule has 2 aliphatic rings. The van der Waals surface area contributed by atoms with E-state index in [9.17, 15) is 19.4 Å². The second-order valence-corrected chi connectivity index (χ2v) is 15.5. The second-order valence-electron chi connectivity index (χ2n) is 13.4. The summed E-state index contributed by atoms with van der Waals surface area (Å²) in [5, 5.41) is 18.5. The SMILES string of the molecule is CC(=O)O[C@@H]1C[C@H]2C(=O)O[C@H](C)[C@H]2[C@@H](/C=C/c2ccc(-c3ccccc3C#N)cn2)[C@@H]1C.CCOP(=O)(Cc1ccc(-c2ccccc2C#N)cn1)OCC. The van der Waals surface area contributed by atoms with Crippen molar-refractivity contribution in [3.63, 3.8) is 0 Å². The molecule has 11 nitrogen and oxygen atoms in total. The van der Waals surface area contributed by atoms with E-state index in [2.05, 4.69) is 35.1 Å². The van der Waals surface area contributed by atoms with Crippen molar-refractivity contribution in [2.75, 3.05) is 13.2 Å². The zero-order chi connectivity index (χ0) is 39.5. The first-order chi connectivity index (χ1) is 26.5. The van der Waals surface area contributed by atoms with E-state index in [1.165, 1.54) is 6.92 Å². The summed E-state index contributed by atoms with van der Waals surface area (Å²) in [7, 11) is -3.16. The van der Waals surface area contributed by atoms with Gasteiger partial charge in [-0.2, -0.15) is 10.5 Å². The Morgan fingerprint density at radius 2 is 1.47 bits per heavy atom. The number of nitriles is 2. The lowest BCUT2D eigenvalue weighted by Gasteiger charge is -2.40. The van der Waals surface area contributed by atoms with Gasteiger partial charge in [0.1, 0.15) is 12.2 Å². The molecule has 2 aromatic heterocycles. The predicted octanol–water partition coefficient (Wildman–Crippen LogP) is 8.79. The number of carbonyl (C=O) groups excluding carboxylic acids is 2. The van der Waals surface area contributed by atoms with Crippen LogP contribution in [0.3, 0.4) is 0 Å². The van der Waals surface area contributed by atoms with Crippen LogP contribution in [0.1, 0.15) is 63.6 Å². The number of nitrogens with zero attached hydrogens (tertiary/aromatic N) is 4. The quantitative estimate of drug-likeness (QED) is 0.106. The maximum atomic E-state index is 12.5. The van der Waals surface area contributed by atoms with Gasteiger partial charge in [-0.15, -0.1) is 0 Å². The van der Waals surface area contributed by atoms with Crippen molar-refractivity contribution in [1.29, 1.82) is 10.5 Å². The summed E-state index contributed by atoms with van der Waals surface area (Å²) in [4.78, 5) is 32.9. The van der Waals surface area contributed by atoms with E-state index in [1.807, 2.05) is 67.6 Å². The first kappa shape index (κ1) is 40.7. The van der Waals surface area contributed by atoms with Gasteiger partial charge in [0.25, 0.3) is 0 Å². The number of allylic oxidation sites excluding steroid dienone is 1. The maximum absolute atomic E-state index is 12.5. The number of aromatic nitrogens is 2. The Bertz CT molecular complexity index is 2110. The summed E-state index contributed by atoms with van der Waals surface area (Å²) in [6, 6.07) is 26.7. The average molecular weight is 761 g/mol. The molecular formula is C43H45N4O7P. The minimum Gasteiger partial charge on any atom is -0.462 e. The molecular weight excluding hydrogens is 715 g/mol. The van der Waals surface area contributed by atoms with E-state index in [0.717, 1.165) is 27.9 Å². The van der Waals surface area contributed by atoms with Crippen LogP contribution in [-0.4, -0.2) is 47.3 Å². The lowest BCUT2D eigenvalue weighted by molar-refractivity contribution is -0.156. The third-order valence-electron chi connectivity index (χ3n) is 9.88. The molecule has 284 valence electrons. The fourth-order valence-corrected chi connectivity index (χ4v) is 8.97. The molecule has 0 bridgehead atoms. The van der Waals surface area contributed by atoms with E-state index in [0.29, 0.717) is 36.5 Å². The molecule has 2 fully saturated rings. The topological polar surface area (TPSA) is 161 Å². The first-order valence-corrected chi connectivity index (χ1v) is 20.1. The fraction of sp³-hybridized carbons (Fsp3) is 0.349. The zero-order valence-electron chi connectivity index (χ0n) is 31.6. The van der Waals surface area contributed by atoms with Gasteiger partial charge in [-0.3, -0.25) is 24.1 Å². The summed E-state index contributed by atoms with van der Waals surface area (Å²) in [6.45, 7) is 9.60. The van der Waals surface area contributed by atoms with Gasteiger partial charge in [0, 0.05) is 47.5 Å². The smallest absolute Gasteiger partial charge is 0.336 e. The number of benzene rings is 2. The number of rotatable bonds is 11. The Morgan fingerprint density at radius 3 is 1.98 bits per heavy atom. The molecule has 6 atom stereocenters. The van der Waals surface area contributed by atoms with Gasteiger partial charge in [0.05, 0.1) is 59.9 Å². The molecule has 1 saturated carbocycles. The average Bonchev–Trinajstić information content (AvgIpc) is 3.47. The van der Waals surface area contributed by atoms with Crippen LogP contribution in [0.2, 0.25) is 0 Å². The van der Waals surface area contributed by atoms with Gasteiger partial charge in [0.2, 0.25) is 0 Å². The van der Waals surface area contributed by atoms with E-state index in [-0.39, 0.29) is 54.0 Å². The van der Waals surface area contributed by atoms with Gasteiger partial charge in [-0.05, 0) is 69.4 Å². The number of esters is 2. The summed E-state index contributed by atoms with van der Waals surface area (Å²) < 4.78 is 34.1. The summed E-state index contributed by atoms with van der Waals surface area (Å²) in [6.07, 6.45) is 7.59. The van der Waals surface area contributed by atoms with E-state index >= 15 is 0 Å². The molecule has 12 heteroatoms. The first-order valence-electron chi connectivity index (χ1n) is 18.3. The van der Waals surface area contributed by atoms with E-state index in [4.69, 9.17) is 23.8 Å². The lowest BCUT2D eigenvalue weighted by atomic mass is 9.65. The van der Waals surface area contributed by atoms with Crippen molar-refractivity contribution in [1.82, 2.24) is 9.97 Å². The van der Waals surface area contributed by atoms with Crippen LogP contribution in [0.4, 0.5) is 0 Å². The lowest BCUT2D eigenvalue weighted by Crippen LogP contribution is -2.44. The highest BCUT2D eigenvalue weighted by atomic mass is 31.2. The van der Waals surface area contributed by atoms with Crippen LogP contribution in [0, 0.1) is 46.3 Å². The number of carbonyl (C=O) groups is 2. The number of hydrogen-bond acceptors (Lipinski definition) is 11. The van der Waals surface area contributed by atoms with Crippen LogP contribution < -0.4 is 0 Å². The van der Waals surface area contributed by atoms with Crippen molar-refractivity contribution in [3.05, 3.63) is 114 Å². The second kappa shape index (κ2) is 18.7. The summed E-state index contributed by atoms with van der Waals surface area (Å²) >= 11 is 0. The van der Waals surface area contributed by atoms with Crippen LogP contribution in [-0.2, 0) is 38.8 Å². The monoisotopic (exact) mass is 760 g/mol. The zero-order valence-corrected chi connectivity index (χ0v) is 32.5. The standard InChI is InChI=1S/C26H26N2O4.C17H19N2O3P/c1-15-21(25-16(2)31-26(30)23(25)12-24(15)32-17(3)29)11-10-20-9-8-19(14-28-20)22-7-5-4-6-18(22)13-27;1-3-21-23(20,22-4-2)13-16-10-9-15(12-19-16)17-8-6-5-7-14(17)11-18/h4-11,14-16,21,23-25H,12H2,1-3H3;5-10,12H,3-4,13H2,1-2H3/b11-10+;/t15-,16+,21-,23+,24+,25-;/m0./s1. The Kier molecular flexibility index (Phi) is 13.9. The number of fused-ring (bicyclic) bond motifs is 1. The van der Waals surface area contributed by atoms with Gasteiger partial charge in [0.15, 0.2) is 0 Å². The molecule has 2 aromatic carbocycles. The van der Waals surface area contributed by atoms with Crippen molar-refractivity contribution in [2.24, 2.45) is 23.7 Å². The molecule has 3 heterocycles. The number of cyclic esters (lactones) is 1. The molecule has 0 amide bonds. The van der Waals surface area contributed by atoms with Crippen LogP contribution in [0.15, 0.2) is 91.3 Å². The molecule has 6 rings (SSSR count). The van der Waals surface area contributed by atoms with Gasteiger partial charge in [-0.25, -0.2) is 0 Å². The molecule has 1 saturated heterocycles. The highest BCUT2D eigenvalue weighted by Crippen LogP contribution is 2.51. The normalized spacial score (nSPS) is 21.7. The summed E-state index contributed by atoms with van der Waals surface area (Å²) in [5.41, 5.74) is 6.01. The van der Waals surface area contributed by atoms with Crippen molar-refractivity contribution in [3.8, 4) is 34.4 Å². The van der Waals surface area contributed by atoms with Crippen LogP contribution in [0.25, 0.3) is 28.3 Å². The van der Waals surface area contributed by atoms with Gasteiger partial charge in [-0.1, -0.05) is 61.5 Å². The minimum absolute atomic E-state index is 0.0142. The Labute approximate surface area is 322 Å². The van der Waals surface area contributed by atoms with Crippen LogP contribution in [0.5, 0.6) is 0 Å². The van der Waals surface area contributed by atoms with Crippen molar-refractivity contribution >= 4 is 25.6 Å². The van der Waals surface area contributed by atoms with Crippen molar-refractivity contribution in [2.45, 2.75) is 59.4 Å². The van der Waals surface area contributed by atoms with Crippen molar-refractivity contribution < 1.29 is 32.7 Å². The molecule has 0 spiro atoms. The Morgan fingerprint density at radius 1 is 0.891 bits per heavy atom. The molecule has 1 aliphatic carbocycles. The van der Waals surface area contributed by atoms with E-state index in [1.54, 1.807) is 44.4 Å². The number of pyridine rings is 2. The number of ether oxygens (including phenoxy) is 2. The molecule has 0 N–H and O–H groups in total. The maximum Gasteiger partial charge on any atom is 0.336 e. The molecule has 1 aliphatic heterocycles. The third-order valence-corrected chi connectivity index (χ3v) is 11.9.